The van der Waals surface area contributed by atoms with Crippen LogP contribution in [0.15, 0.2) is 42.9 Å². The van der Waals surface area contributed by atoms with Gasteiger partial charge in [0.05, 0.1) is 19.4 Å². The molecule has 2 N–H and O–H groups in total. The molecule has 4 aromatic rings. The molecule has 0 bridgehead atoms. The Bertz CT molecular complexity index is 1090. The number of hydrogen-bond donors (Lipinski definition) is 2. The molecule has 1 aliphatic rings. The van der Waals surface area contributed by atoms with Gasteiger partial charge in [0.15, 0.2) is 17.3 Å². The number of aryl methyl sites for hydroxylation is 1. The topological polar surface area (TPSA) is 96.3 Å². The quantitative estimate of drug-likeness (QED) is 0.564. The number of aromatic nitrogens is 6. The zero-order chi connectivity index (χ0) is 18.9. The van der Waals surface area contributed by atoms with E-state index in [4.69, 9.17) is 4.74 Å². The van der Waals surface area contributed by atoms with Gasteiger partial charge < -0.3 is 15.0 Å². The van der Waals surface area contributed by atoms with Crippen molar-refractivity contribution in [2.45, 2.75) is 6.92 Å². The maximum atomic E-state index is 5.42. The Morgan fingerprint density at radius 3 is 2.68 bits per heavy atom. The van der Waals surface area contributed by atoms with E-state index in [0.717, 1.165) is 49.2 Å². The normalized spacial score (nSPS) is 14.5. The van der Waals surface area contributed by atoms with Crippen LogP contribution in [0.5, 0.6) is 0 Å². The van der Waals surface area contributed by atoms with Gasteiger partial charge in [0.1, 0.15) is 11.5 Å². The van der Waals surface area contributed by atoms with E-state index in [1.807, 2.05) is 17.5 Å². The summed E-state index contributed by atoms with van der Waals surface area (Å²) in [5, 5.41) is 10.4. The monoisotopic (exact) mass is 376 g/mol. The molecule has 5 rings (SSSR count). The van der Waals surface area contributed by atoms with Crippen LogP contribution in [0.25, 0.3) is 17.2 Å². The SMILES string of the molecule is Cc1nc(-c2cnc(Nc3ccc(N4CCOCC4)cc3)c3nccn23)n[nH]1. The third-order valence-electron chi connectivity index (χ3n) is 4.76. The Kier molecular flexibility index (Phi) is 4.13. The zero-order valence-corrected chi connectivity index (χ0v) is 15.5. The number of anilines is 3. The van der Waals surface area contributed by atoms with Gasteiger partial charge in [0.25, 0.3) is 0 Å². The first-order valence-corrected chi connectivity index (χ1v) is 9.19. The number of imidazole rings is 1. The van der Waals surface area contributed by atoms with Crippen molar-refractivity contribution < 1.29 is 4.74 Å². The number of hydrogen-bond acceptors (Lipinski definition) is 7. The van der Waals surface area contributed by atoms with Crippen molar-refractivity contribution in [1.82, 2.24) is 29.5 Å². The molecule has 9 nitrogen and oxygen atoms in total. The number of nitrogens with one attached hydrogen (secondary N) is 2. The van der Waals surface area contributed by atoms with E-state index >= 15 is 0 Å². The van der Waals surface area contributed by atoms with Crippen molar-refractivity contribution in [3.63, 3.8) is 0 Å². The van der Waals surface area contributed by atoms with Crippen molar-refractivity contribution in [3.05, 3.63) is 48.7 Å². The summed E-state index contributed by atoms with van der Waals surface area (Å²) in [5.41, 5.74) is 3.65. The van der Waals surface area contributed by atoms with Gasteiger partial charge >= 0.3 is 0 Å². The van der Waals surface area contributed by atoms with Crippen molar-refractivity contribution in [2.75, 3.05) is 36.5 Å². The van der Waals surface area contributed by atoms with Crippen LogP contribution in [0.1, 0.15) is 5.82 Å². The fourth-order valence-corrected chi connectivity index (χ4v) is 3.34. The van der Waals surface area contributed by atoms with Gasteiger partial charge in [-0.1, -0.05) is 0 Å². The lowest BCUT2D eigenvalue weighted by Gasteiger charge is -2.28. The highest BCUT2D eigenvalue weighted by Gasteiger charge is 2.14. The lowest BCUT2D eigenvalue weighted by atomic mass is 10.2. The van der Waals surface area contributed by atoms with Gasteiger partial charge in [0.2, 0.25) is 0 Å². The summed E-state index contributed by atoms with van der Waals surface area (Å²) in [5.74, 6) is 2.03. The van der Waals surface area contributed by atoms with Gasteiger partial charge in [0, 0.05) is 36.9 Å². The third kappa shape index (κ3) is 3.05. The highest BCUT2D eigenvalue weighted by molar-refractivity contribution is 5.73. The summed E-state index contributed by atoms with van der Waals surface area (Å²) in [6.07, 6.45) is 5.37. The van der Waals surface area contributed by atoms with Crippen LogP contribution in [0.4, 0.5) is 17.2 Å². The molecule has 9 heteroatoms. The van der Waals surface area contributed by atoms with Crippen LogP contribution in [-0.2, 0) is 4.74 Å². The molecule has 4 heterocycles. The molecular weight excluding hydrogens is 356 g/mol. The molecule has 0 saturated carbocycles. The Labute approximate surface area is 161 Å². The minimum Gasteiger partial charge on any atom is -0.378 e. The van der Waals surface area contributed by atoms with Gasteiger partial charge in [-0.2, -0.15) is 5.10 Å². The number of nitrogens with zero attached hydrogens (tertiary/aromatic N) is 6. The van der Waals surface area contributed by atoms with E-state index in [2.05, 4.69) is 59.6 Å². The van der Waals surface area contributed by atoms with Crippen LogP contribution in [0.2, 0.25) is 0 Å². The van der Waals surface area contributed by atoms with E-state index in [1.54, 1.807) is 12.4 Å². The molecule has 0 aliphatic carbocycles. The molecule has 3 aromatic heterocycles. The maximum absolute atomic E-state index is 5.42. The molecule has 1 fully saturated rings. The summed E-state index contributed by atoms with van der Waals surface area (Å²) in [6, 6.07) is 8.33. The Hall–Kier alpha value is -3.46. The molecule has 0 unspecified atom stereocenters. The smallest absolute Gasteiger partial charge is 0.199 e. The largest absolute Gasteiger partial charge is 0.378 e. The van der Waals surface area contributed by atoms with E-state index in [9.17, 15) is 0 Å². The first kappa shape index (κ1) is 16.7. The van der Waals surface area contributed by atoms with Crippen LogP contribution < -0.4 is 10.2 Å². The molecule has 142 valence electrons. The highest BCUT2D eigenvalue weighted by Crippen LogP contribution is 2.25. The van der Waals surface area contributed by atoms with Gasteiger partial charge in [-0.25, -0.2) is 15.0 Å². The Morgan fingerprint density at radius 1 is 1.11 bits per heavy atom. The number of morpholine rings is 1. The van der Waals surface area contributed by atoms with Gasteiger partial charge in [-0.05, 0) is 31.2 Å². The standard InChI is InChI=1S/C19H20N8O/c1-13-22-17(25-24-13)16-12-21-18(19-20-6-7-27(16)19)23-14-2-4-15(5-3-14)26-8-10-28-11-9-26/h2-7,12H,8-11H2,1H3,(H,21,23)(H,22,24,25). The predicted octanol–water partition coefficient (Wildman–Crippen LogP) is 2.40. The van der Waals surface area contributed by atoms with Gasteiger partial charge in [-0.15, -0.1) is 0 Å². The molecule has 0 atom stereocenters. The second kappa shape index (κ2) is 6.93. The number of H-pyrrole nitrogens is 1. The van der Waals surface area contributed by atoms with E-state index in [0.29, 0.717) is 11.6 Å². The van der Waals surface area contributed by atoms with Crippen molar-refractivity contribution in [1.29, 1.82) is 0 Å². The molecule has 1 aromatic carbocycles. The first-order chi connectivity index (χ1) is 13.8. The van der Waals surface area contributed by atoms with E-state index in [1.165, 1.54) is 5.69 Å². The summed E-state index contributed by atoms with van der Waals surface area (Å²) in [6.45, 7) is 5.26. The fourth-order valence-electron chi connectivity index (χ4n) is 3.34. The number of benzene rings is 1. The lowest BCUT2D eigenvalue weighted by Crippen LogP contribution is -2.36. The van der Waals surface area contributed by atoms with Crippen LogP contribution >= 0.6 is 0 Å². The molecule has 0 spiro atoms. The number of rotatable bonds is 4. The fraction of sp³-hybridized carbons (Fsp3) is 0.263. The lowest BCUT2D eigenvalue weighted by molar-refractivity contribution is 0.122. The summed E-state index contributed by atoms with van der Waals surface area (Å²) in [4.78, 5) is 15.7. The van der Waals surface area contributed by atoms with E-state index in [-0.39, 0.29) is 0 Å². The highest BCUT2D eigenvalue weighted by atomic mass is 16.5. The van der Waals surface area contributed by atoms with Crippen LogP contribution in [0.3, 0.4) is 0 Å². The maximum Gasteiger partial charge on any atom is 0.199 e. The summed E-state index contributed by atoms with van der Waals surface area (Å²) >= 11 is 0. The van der Waals surface area contributed by atoms with Gasteiger partial charge in [-0.3, -0.25) is 9.50 Å². The minimum absolute atomic E-state index is 0.592. The zero-order valence-electron chi connectivity index (χ0n) is 15.5. The molecule has 28 heavy (non-hydrogen) atoms. The average molecular weight is 376 g/mol. The molecule has 1 saturated heterocycles. The van der Waals surface area contributed by atoms with Crippen molar-refractivity contribution >= 4 is 22.8 Å². The van der Waals surface area contributed by atoms with Crippen molar-refractivity contribution in [2.24, 2.45) is 0 Å². The predicted molar refractivity (Wildman–Crippen MR) is 106 cm³/mol. The molecule has 0 radical (unpaired) electrons. The number of aromatic amines is 1. The second-order valence-corrected chi connectivity index (χ2v) is 6.63. The third-order valence-corrected chi connectivity index (χ3v) is 4.76. The average Bonchev–Trinajstić information content (AvgIpc) is 3.39. The van der Waals surface area contributed by atoms with Crippen LogP contribution in [-0.4, -0.2) is 55.9 Å². The Balaban J connectivity index is 1.42. The first-order valence-electron chi connectivity index (χ1n) is 9.19. The van der Waals surface area contributed by atoms with Crippen molar-refractivity contribution in [3.8, 4) is 11.5 Å². The summed E-state index contributed by atoms with van der Waals surface area (Å²) < 4.78 is 7.35. The molecule has 0 amide bonds. The minimum atomic E-state index is 0.592. The number of ether oxygens (including phenoxy) is 1. The molecular formula is C19H20N8O. The summed E-state index contributed by atoms with van der Waals surface area (Å²) in [7, 11) is 0. The van der Waals surface area contributed by atoms with Crippen LogP contribution in [0, 0.1) is 6.92 Å². The molecule has 1 aliphatic heterocycles. The van der Waals surface area contributed by atoms with E-state index < -0.39 is 0 Å². The Morgan fingerprint density at radius 2 is 1.93 bits per heavy atom. The number of fused-ring (bicyclic) bond motifs is 1. The second-order valence-electron chi connectivity index (χ2n) is 6.63.